The fourth-order valence-corrected chi connectivity index (χ4v) is 3.46. The second-order valence-corrected chi connectivity index (χ2v) is 5.96. The predicted molar refractivity (Wildman–Crippen MR) is 80.0 cm³/mol. The molecule has 6 heteroatoms. The van der Waals surface area contributed by atoms with E-state index < -0.39 is 0 Å². The molecule has 0 aliphatic rings. The second-order valence-electron chi connectivity index (χ2n) is 3.96. The first-order chi connectivity index (χ1) is 9.83. The average Bonchev–Trinajstić information content (AvgIpc) is 2.94. The Bertz CT molecular complexity index is 700. The van der Waals surface area contributed by atoms with E-state index in [2.05, 4.69) is 9.97 Å². The molecule has 0 N–H and O–H groups in total. The van der Waals surface area contributed by atoms with Crippen LogP contribution in [-0.4, -0.2) is 22.3 Å². The van der Waals surface area contributed by atoms with Gasteiger partial charge in [-0.2, -0.15) is 0 Å². The van der Waals surface area contributed by atoms with Crippen molar-refractivity contribution in [2.75, 3.05) is 12.4 Å². The molecule has 0 aliphatic carbocycles. The van der Waals surface area contributed by atoms with E-state index in [1.54, 1.807) is 41.6 Å². The summed E-state index contributed by atoms with van der Waals surface area (Å²) >= 11 is 3.28. The minimum atomic E-state index is -0.257. The van der Waals surface area contributed by atoms with Gasteiger partial charge in [-0.25, -0.2) is 14.4 Å². The van der Waals surface area contributed by atoms with E-state index in [0.717, 1.165) is 21.0 Å². The zero-order valence-electron chi connectivity index (χ0n) is 10.5. The summed E-state index contributed by atoms with van der Waals surface area (Å²) in [6, 6.07) is 8.02. The standard InChI is InChI=1S/C14H11FN2OS2/c15-10-1-3-11(4-2-10)18-6-8-20-14-13-12(5-7-19-13)16-9-17-14/h1-5,7,9H,6,8H2. The lowest BCUT2D eigenvalue weighted by atomic mass is 10.3. The van der Waals surface area contributed by atoms with E-state index in [9.17, 15) is 4.39 Å². The molecule has 3 rings (SSSR count). The highest BCUT2D eigenvalue weighted by atomic mass is 32.2. The molecule has 0 fully saturated rings. The van der Waals surface area contributed by atoms with E-state index in [1.807, 2.05) is 11.4 Å². The van der Waals surface area contributed by atoms with Crippen molar-refractivity contribution in [3.8, 4) is 5.75 Å². The van der Waals surface area contributed by atoms with Gasteiger partial charge in [-0.1, -0.05) is 0 Å². The van der Waals surface area contributed by atoms with E-state index in [4.69, 9.17) is 4.74 Å². The minimum Gasteiger partial charge on any atom is -0.493 e. The van der Waals surface area contributed by atoms with Crippen LogP contribution in [-0.2, 0) is 0 Å². The van der Waals surface area contributed by atoms with Crippen molar-refractivity contribution in [1.82, 2.24) is 9.97 Å². The Kier molecular flexibility index (Phi) is 4.13. The first-order valence-corrected chi connectivity index (χ1v) is 7.89. The molecule has 0 bridgehead atoms. The van der Waals surface area contributed by atoms with Gasteiger partial charge in [0.25, 0.3) is 0 Å². The summed E-state index contributed by atoms with van der Waals surface area (Å²) in [6.45, 7) is 0.549. The Labute approximate surface area is 123 Å². The zero-order chi connectivity index (χ0) is 13.8. The second kappa shape index (κ2) is 6.19. The fraction of sp³-hybridized carbons (Fsp3) is 0.143. The number of ether oxygens (including phenoxy) is 1. The van der Waals surface area contributed by atoms with Gasteiger partial charge in [-0.3, -0.25) is 0 Å². The van der Waals surface area contributed by atoms with E-state index in [-0.39, 0.29) is 5.82 Å². The number of nitrogens with zero attached hydrogens (tertiary/aromatic N) is 2. The number of aromatic nitrogens is 2. The van der Waals surface area contributed by atoms with Crippen LogP contribution >= 0.6 is 23.1 Å². The minimum absolute atomic E-state index is 0.257. The fourth-order valence-electron chi connectivity index (χ4n) is 1.70. The van der Waals surface area contributed by atoms with Crippen LogP contribution in [0.4, 0.5) is 4.39 Å². The van der Waals surface area contributed by atoms with Crippen LogP contribution in [0.25, 0.3) is 10.2 Å². The van der Waals surface area contributed by atoms with Crippen molar-refractivity contribution in [2.24, 2.45) is 0 Å². The third-order valence-electron chi connectivity index (χ3n) is 2.61. The summed E-state index contributed by atoms with van der Waals surface area (Å²) in [5, 5.41) is 2.99. The van der Waals surface area contributed by atoms with E-state index in [1.165, 1.54) is 12.1 Å². The molecule has 2 heterocycles. The third kappa shape index (κ3) is 3.08. The first kappa shape index (κ1) is 13.3. The van der Waals surface area contributed by atoms with Crippen LogP contribution in [0.15, 0.2) is 47.1 Å². The smallest absolute Gasteiger partial charge is 0.123 e. The van der Waals surface area contributed by atoms with Gasteiger partial charge >= 0.3 is 0 Å². The van der Waals surface area contributed by atoms with Crippen molar-refractivity contribution in [3.63, 3.8) is 0 Å². The van der Waals surface area contributed by atoms with Crippen molar-refractivity contribution < 1.29 is 9.13 Å². The van der Waals surface area contributed by atoms with Crippen molar-refractivity contribution >= 4 is 33.3 Å². The first-order valence-electron chi connectivity index (χ1n) is 6.02. The van der Waals surface area contributed by atoms with Gasteiger partial charge in [-0.15, -0.1) is 23.1 Å². The molecule has 0 saturated heterocycles. The summed E-state index contributed by atoms with van der Waals surface area (Å²) in [4.78, 5) is 8.50. The Hall–Kier alpha value is -1.66. The van der Waals surface area contributed by atoms with Gasteiger partial charge < -0.3 is 4.74 Å². The molecule has 3 aromatic rings. The molecule has 0 saturated carbocycles. The van der Waals surface area contributed by atoms with Gasteiger partial charge in [-0.05, 0) is 35.7 Å². The Morgan fingerprint density at radius 3 is 2.85 bits per heavy atom. The van der Waals surface area contributed by atoms with Crippen LogP contribution in [0.2, 0.25) is 0 Å². The SMILES string of the molecule is Fc1ccc(OCCSc2ncnc3ccsc23)cc1. The summed E-state index contributed by atoms with van der Waals surface area (Å²) < 4.78 is 19.4. The third-order valence-corrected chi connectivity index (χ3v) is 4.61. The Balaban J connectivity index is 1.55. The Morgan fingerprint density at radius 1 is 1.15 bits per heavy atom. The largest absolute Gasteiger partial charge is 0.493 e. The van der Waals surface area contributed by atoms with E-state index in [0.29, 0.717) is 12.4 Å². The van der Waals surface area contributed by atoms with Crippen molar-refractivity contribution in [2.45, 2.75) is 5.03 Å². The molecule has 0 amide bonds. The number of thioether (sulfide) groups is 1. The summed E-state index contributed by atoms with van der Waals surface area (Å²) in [7, 11) is 0. The maximum absolute atomic E-state index is 12.7. The number of halogens is 1. The van der Waals surface area contributed by atoms with Crippen molar-refractivity contribution in [1.29, 1.82) is 0 Å². The lowest BCUT2D eigenvalue weighted by molar-refractivity contribution is 0.343. The van der Waals surface area contributed by atoms with Gasteiger partial charge in [0.1, 0.15) is 22.9 Å². The molecule has 2 aromatic heterocycles. The number of thiophene rings is 1. The normalized spacial score (nSPS) is 10.8. The summed E-state index contributed by atoms with van der Waals surface area (Å²) in [5.41, 5.74) is 0.979. The number of fused-ring (bicyclic) bond motifs is 1. The quantitative estimate of drug-likeness (QED) is 0.405. The number of rotatable bonds is 5. The highest BCUT2D eigenvalue weighted by molar-refractivity contribution is 7.99. The van der Waals surface area contributed by atoms with Crippen LogP contribution < -0.4 is 4.74 Å². The molecule has 0 atom stereocenters. The monoisotopic (exact) mass is 306 g/mol. The van der Waals surface area contributed by atoms with Gasteiger partial charge in [0.15, 0.2) is 0 Å². The number of hydrogen-bond acceptors (Lipinski definition) is 5. The molecule has 0 radical (unpaired) electrons. The van der Waals surface area contributed by atoms with Crippen molar-refractivity contribution in [3.05, 3.63) is 47.9 Å². The lowest BCUT2D eigenvalue weighted by Crippen LogP contribution is -2.00. The maximum atomic E-state index is 12.7. The van der Waals surface area contributed by atoms with Crippen LogP contribution in [0.3, 0.4) is 0 Å². The van der Waals surface area contributed by atoms with E-state index >= 15 is 0 Å². The van der Waals surface area contributed by atoms with Gasteiger partial charge in [0.05, 0.1) is 16.8 Å². The summed E-state index contributed by atoms with van der Waals surface area (Å²) in [6.07, 6.45) is 1.58. The Morgan fingerprint density at radius 2 is 2.00 bits per heavy atom. The summed E-state index contributed by atoms with van der Waals surface area (Å²) in [5.74, 6) is 1.20. The average molecular weight is 306 g/mol. The number of benzene rings is 1. The van der Waals surface area contributed by atoms with Gasteiger partial charge in [0.2, 0.25) is 0 Å². The molecule has 0 unspecified atom stereocenters. The molecular weight excluding hydrogens is 295 g/mol. The molecule has 0 spiro atoms. The zero-order valence-corrected chi connectivity index (χ0v) is 12.1. The molecule has 20 heavy (non-hydrogen) atoms. The molecular formula is C14H11FN2OS2. The lowest BCUT2D eigenvalue weighted by Gasteiger charge is -2.05. The maximum Gasteiger partial charge on any atom is 0.123 e. The van der Waals surface area contributed by atoms with Crippen LogP contribution in [0, 0.1) is 5.82 Å². The predicted octanol–water partition coefficient (Wildman–Crippen LogP) is 4.00. The topological polar surface area (TPSA) is 35.0 Å². The van der Waals surface area contributed by atoms with Gasteiger partial charge in [0, 0.05) is 5.75 Å². The highest BCUT2D eigenvalue weighted by Crippen LogP contribution is 2.28. The molecule has 3 nitrogen and oxygen atoms in total. The highest BCUT2D eigenvalue weighted by Gasteiger charge is 2.05. The number of hydrogen-bond donors (Lipinski definition) is 0. The van der Waals surface area contributed by atoms with Crippen LogP contribution in [0.1, 0.15) is 0 Å². The molecule has 1 aromatic carbocycles. The van der Waals surface area contributed by atoms with Crippen LogP contribution in [0.5, 0.6) is 5.75 Å². The molecule has 0 aliphatic heterocycles. The molecule has 102 valence electrons.